The minimum atomic E-state index is -0.367. The van der Waals surface area contributed by atoms with Crippen LogP contribution >= 0.6 is 31.9 Å². The fourth-order valence-electron chi connectivity index (χ4n) is 2.76. The third-order valence-corrected chi connectivity index (χ3v) is 5.57. The quantitative estimate of drug-likeness (QED) is 0.180. The molecular formula is C25H22Br2N2O4. The summed E-state index contributed by atoms with van der Waals surface area (Å²) in [4.78, 5) is 12.4. The molecule has 0 unspecified atom stereocenters. The fourth-order valence-corrected chi connectivity index (χ4v) is 3.54. The Balaban J connectivity index is 1.58. The summed E-state index contributed by atoms with van der Waals surface area (Å²) in [5.74, 6) is 1.33. The van der Waals surface area contributed by atoms with Crippen molar-refractivity contribution in [3.63, 3.8) is 0 Å². The smallest absolute Gasteiger partial charge is 0.271 e. The topological polar surface area (TPSA) is 69.2 Å². The summed E-state index contributed by atoms with van der Waals surface area (Å²) in [6.07, 6.45) is 3.19. The lowest BCUT2D eigenvalue weighted by Crippen LogP contribution is -2.17. The molecule has 3 aromatic rings. The lowest BCUT2D eigenvalue weighted by Gasteiger charge is -2.10. The normalized spacial score (nSPS) is 10.6. The van der Waals surface area contributed by atoms with E-state index in [4.69, 9.17) is 14.2 Å². The van der Waals surface area contributed by atoms with Gasteiger partial charge in [0.25, 0.3) is 5.91 Å². The van der Waals surface area contributed by atoms with Gasteiger partial charge in [-0.1, -0.05) is 40.7 Å². The Kier molecular flexibility index (Phi) is 9.09. The number of rotatable bonds is 10. The fraction of sp³-hybridized carbons (Fsp3) is 0.120. The first kappa shape index (κ1) is 24.5. The predicted molar refractivity (Wildman–Crippen MR) is 136 cm³/mol. The van der Waals surface area contributed by atoms with Crippen LogP contribution in [0.5, 0.6) is 17.2 Å². The second-order valence-electron chi connectivity index (χ2n) is 6.77. The number of benzene rings is 3. The van der Waals surface area contributed by atoms with Crippen molar-refractivity contribution < 1.29 is 19.0 Å². The Bertz CT molecular complexity index is 1150. The molecule has 0 aliphatic carbocycles. The van der Waals surface area contributed by atoms with E-state index in [1.165, 1.54) is 7.11 Å². The summed E-state index contributed by atoms with van der Waals surface area (Å²) in [6, 6.07) is 18.4. The highest BCUT2D eigenvalue weighted by Crippen LogP contribution is 2.28. The molecule has 0 atom stereocenters. The number of methoxy groups -OCH3 is 1. The van der Waals surface area contributed by atoms with Crippen molar-refractivity contribution in [2.24, 2.45) is 5.10 Å². The van der Waals surface area contributed by atoms with E-state index in [9.17, 15) is 4.79 Å². The lowest BCUT2D eigenvalue weighted by molar-refractivity contribution is 0.0954. The molecule has 6 nitrogen and oxygen atoms in total. The van der Waals surface area contributed by atoms with Crippen LogP contribution in [-0.2, 0) is 6.61 Å². The second-order valence-corrected chi connectivity index (χ2v) is 8.54. The maximum absolute atomic E-state index is 12.4. The van der Waals surface area contributed by atoms with Crippen LogP contribution in [0.4, 0.5) is 0 Å². The Morgan fingerprint density at radius 3 is 2.45 bits per heavy atom. The molecule has 0 heterocycles. The third-order valence-electron chi connectivity index (χ3n) is 4.43. The number of nitrogens with one attached hydrogen (secondary N) is 1. The highest BCUT2D eigenvalue weighted by Gasteiger charge is 2.10. The van der Waals surface area contributed by atoms with E-state index in [0.717, 1.165) is 20.1 Å². The third kappa shape index (κ3) is 7.20. The van der Waals surface area contributed by atoms with Gasteiger partial charge in [0.2, 0.25) is 0 Å². The zero-order valence-corrected chi connectivity index (χ0v) is 21.1. The van der Waals surface area contributed by atoms with Gasteiger partial charge in [-0.25, -0.2) is 5.43 Å². The van der Waals surface area contributed by atoms with Crippen LogP contribution in [-0.4, -0.2) is 25.8 Å². The molecule has 0 saturated heterocycles. The van der Waals surface area contributed by atoms with E-state index < -0.39 is 0 Å². The first-order valence-corrected chi connectivity index (χ1v) is 11.5. The number of carbonyl (C=O) groups excluding carboxylic acids is 1. The highest BCUT2D eigenvalue weighted by molar-refractivity contribution is 9.10. The summed E-state index contributed by atoms with van der Waals surface area (Å²) in [5, 5.41) is 4.04. The first-order valence-electron chi connectivity index (χ1n) is 9.92. The summed E-state index contributed by atoms with van der Waals surface area (Å²) in [6.45, 7) is 4.41. The molecular weight excluding hydrogens is 552 g/mol. The van der Waals surface area contributed by atoms with Gasteiger partial charge in [0, 0.05) is 10.0 Å². The van der Waals surface area contributed by atoms with Crippen LogP contribution in [0.2, 0.25) is 0 Å². The Hall–Kier alpha value is -3.10. The molecule has 33 heavy (non-hydrogen) atoms. The van der Waals surface area contributed by atoms with Crippen molar-refractivity contribution in [2.75, 3.05) is 13.7 Å². The number of hydrazone groups is 1. The number of halogens is 2. The molecule has 1 amide bonds. The molecule has 0 radical (unpaired) electrons. The van der Waals surface area contributed by atoms with Crippen LogP contribution in [0.25, 0.3) is 0 Å². The summed E-state index contributed by atoms with van der Waals surface area (Å²) < 4.78 is 18.5. The Morgan fingerprint density at radius 2 is 1.76 bits per heavy atom. The number of hydrogen-bond donors (Lipinski definition) is 1. The average molecular weight is 574 g/mol. The minimum Gasteiger partial charge on any atom is -0.493 e. The number of carbonyl (C=O) groups is 1. The van der Waals surface area contributed by atoms with Gasteiger partial charge in [-0.15, -0.1) is 0 Å². The van der Waals surface area contributed by atoms with Gasteiger partial charge in [0.05, 0.1) is 17.8 Å². The number of amides is 1. The molecule has 8 heteroatoms. The predicted octanol–water partition coefficient (Wildman–Crippen LogP) is 6.13. The van der Waals surface area contributed by atoms with Gasteiger partial charge in [-0.2, -0.15) is 5.10 Å². The molecule has 0 aliphatic rings. The van der Waals surface area contributed by atoms with Crippen molar-refractivity contribution in [1.82, 2.24) is 5.43 Å². The number of ether oxygens (including phenoxy) is 3. The van der Waals surface area contributed by atoms with Crippen molar-refractivity contribution >= 4 is 44.0 Å². The van der Waals surface area contributed by atoms with Crippen LogP contribution in [0, 0.1) is 0 Å². The molecule has 0 spiro atoms. The van der Waals surface area contributed by atoms with Gasteiger partial charge in [0.15, 0.2) is 11.5 Å². The molecule has 0 saturated carbocycles. The van der Waals surface area contributed by atoms with E-state index in [0.29, 0.717) is 36.0 Å². The van der Waals surface area contributed by atoms with E-state index >= 15 is 0 Å². The van der Waals surface area contributed by atoms with Crippen molar-refractivity contribution in [3.05, 3.63) is 99.0 Å². The van der Waals surface area contributed by atoms with Gasteiger partial charge in [0.1, 0.15) is 19.0 Å². The van der Waals surface area contributed by atoms with Gasteiger partial charge in [-0.05, 0) is 75.6 Å². The molecule has 3 rings (SSSR count). The molecule has 0 fully saturated rings. The van der Waals surface area contributed by atoms with E-state index in [1.807, 2.05) is 42.5 Å². The standard InChI is InChI=1S/C25H22Br2N2O4/c1-3-12-32-23-11-7-19(14-24(23)31-2)25(30)29-28-15-18-6-10-22(21(27)13-18)33-16-17-4-8-20(26)9-5-17/h3-11,13-15H,1,12,16H2,2H3,(H,29,30)/b28-15+. The molecule has 1 N–H and O–H groups in total. The Morgan fingerprint density at radius 1 is 1.00 bits per heavy atom. The summed E-state index contributed by atoms with van der Waals surface area (Å²) in [7, 11) is 1.51. The number of nitrogens with zero attached hydrogens (tertiary/aromatic N) is 1. The molecule has 3 aromatic carbocycles. The van der Waals surface area contributed by atoms with Gasteiger partial charge < -0.3 is 14.2 Å². The van der Waals surface area contributed by atoms with Crippen LogP contribution in [0.15, 0.2) is 87.4 Å². The van der Waals surface area contributed by atoms with Crippen molar-refractivity contribution in [3.8, 4) is 17.2 Å². The largest absolute Gasteiger partial charge is 0.493 e. The maximum Gasteiger partial charge on any atom is 0.271 e. The highest BCUT2D eigenvalue weighted by atomic mass is 79.9. The van der Waals surface area contributed by atoms with E-state index in [-0.39, 0.29) is 5.91 Å². The SMILES string of the molecule is C=CCOc1ccc(C(=O)N/N=C/c2ccc(OCc3ccc(Br)cc3)c(Br)c2)cc1OC. The van der Waals surface area contributed by atoms with E-state index in [2.05, 4.69) is 49.0 Å². The van der Waals surface area contributed by atoms with Crippen molar-refractivity contribution in [2.45, 2.75) is 6.61 Å². The zero-order valence-electron chi connectivity index (χ0n) is 17.9. The number of hydrogen-bond acceptors (Lipinski definition) is 5. The minimum absolute atomic E-state index is 0.343. The van der Waals surface area contributed by atoms with Crippen molar-refractivity contribution in [1.29, 1.82) is 0 Å². The van der Waals surface area contributed by atoms with Crippen LogP contribution < -0.4 is 19.6 Å². The monoisotopic (exact) mass is 572 g/mol. The summed E-state index contributed by atoms with van der Waals surface area (Å²) >= 11 is 6.94. The Labute approximate surface area is 209 Å². The second kappa shape index (κ2) is 12.2. The van der Waals surface area contributed by atoms with Crippen LogP contribution in [0.1, 0.15) is 21.5 Å². The van der Waals surface area contributed by atoms with Gasteiger partial charge in [-0.3, -0.25) is 4.79 Å². The molecule has 170 valence electrons. The molecule has 0 bridgehead atoms. The van der Waals surface area contributed by atoms with Gasteiger partial charge >= 0.3 is 0 Å². The van der Waals surface area contributed by atoms with E-state index in [1.54, 1.807) is 30.5 Å². The lowest BCUT2D eigenvalue weighted by atomic mass is 10.2. The molecule has 0 aromatic heterocycles. The van der Waals surface area contributed by atoms with Crippen LogP contribution in [0.3, 0.4) is 0 Å². The average Bonchev–Trinajstić information content (AvgIpc) is 2.83. The zero-order chi connectivity index (χ0) is 23.6. The first-order chi connectivity index (χ1) is 16.0. The maximum atomic E-state index is 12.4. The molecule has 0 aliphatic heterocycles. The summed E-state index contributed by atoms with van der Waals surface area (Å²) in [5.41, 5.74) is 4.77.